The summed E-state index contributed by atoms with van der Waals surface area (Å²) in [5.41, 5.74) is 4.37. The molecule has 29 heavy (non-hydrogen) atoms. The first-order chi connectivity index (χ1) is 13.9. The molecule has 7 heteroatoms. The first-order valence-corrected chi connectivity index (χ1v) is 9.23. The topological polar surface area (TPSA) is 76.5 Å². The third-order valence-electron chi connectivity index (χ3n) is 4.51. The molecule has 0 bridgehead atoms. The molecule has 0 saturated heterocycles. The second kappa shape index (κ2) is 8.60. The van der Waals surface area contributed by atoms with E-state index >= 15 is 0 Å². The number of carbonyl (C=O) groups excluding carboxylic acids is 2. The molecule has 7 nitrogen and oxygen atoms in total. The Labute approximate surface area is 169 Å². The number of anilines is 2. The van der Waals surface area contributed by atoms with Gasteiger partial charge in [0.25, 0.3) is 5.91 Å². The second-order valence-electron chi connectivity index (χ2n) is 6.86. The van der Waals surface area contributed by atoms with Gasteiger partial charge in [0.05, 0.1) is 28.3 Å². The number of para-hydroxylation sites is 1. The lowest BCUT2D eigenvalue weighted by atomic mass is 10.2. The van der Waals surface area contributed by atoms with Crippen molar-refractivity contribution in [3.05, 3.63) is 71.5 Å². The Morgan fingerprint density at radius 3 is 2.31 bits per heavy atom. The van der Waals surface area contributed by atoms with Crippen LogP contribution in [0, 0.1) is 13.8 Å². The molecule has 0 atom stereocenters. The minimum Gasteiger partial charge on any atom is -0.452 e. The Morgan fingerprint density at radius 2 is 1.69 bits per heavy atom. The van der Waals surface area contributed by atoms with Crippen molar-refractivity contribution in [3.63, 3.8) is 0 Å². The van der Waals surface area contributed by atoms with Gasteiger partial charge in [-0.15, -0.1) is 0 Å². The van der Waals surface area contributed by atoms with Gasteiger partial charge in [-0.25, -0.2) is 9.48 Å². The molecule has 0 aliphatic heterocycles. The van der Waals surface area contributed by atoms with Crippen molar-refractivity contribution in [1.82, 2.24) is 9.78 Å². The van der Waals surface area contributed by atoms with Crippen LogP contribution in [-0.4, -0.2) is 42.4 Å². The molecular formula is C22H24N4O3. The Morgan fingerprint density at radius 1 is 1.03 bits per heavy atom. The molecule has 1 amide bonds. The molecule has 0 aliphatic carbocycles. The standard InChI is InChI=1S/C22H24N4O3/c1-15-21(16(2)26(24-15)19-8-6-5-7-9-19)23-20(27)14-29-22(28)17-10-12-18(13-11-17)25(3)4/h5-13H,14H2,1-4H3,(H,23,27). The number of nitrogens with one attached hydrogen (secondary N) is 1. The van der Waals surface area contributed by atoms with Crippen LogP contribution in [0.1, 0.15) is 21.7 Å². The minimum absolute atomic E-state index is 0.371. The first kappa shape index (κ1) is 20.1. The monoisotopic (exact) mass is 392 g/mol. The normalized spacial score (nSPS) is 10.5. The van der Waals surface area contributed by atoms with Crippen LogP contribution in [0.4, 0.5) is 11.4 Å². The highest BCUT2D eigenvalue weighted by molar-refractivity contribution is 5.96. The number of hydrogen-bond donors (Lipinski definition) is 1. The number of ether oxygens (including phenoxy) is 1. The fraction of sp³-hybridized carbons (Fsp3) is 0.227. The van der Waals surface area contributed by atoms with Gasteiger partial charge in [0, 0.05) is 19.8 Å². The predicted molar refractivity (Wildman–Crippen MR) is 113 cm³/mol. The summed E-state index contributed by atoms with van der Waals surface area (Å²) in [5.74, 6) is -0.957. The predicted octanol–water partition coefficient (Wildman–Crippen LogP) is 3.35. The van der Waals surface area contributed by atoms with Crippen LogP contribution < -0.4 is 10.2 Å². The molecule has 0 unspecified atom stereocenters. The Balaban J connectivity index is 1.62. The van der Waals surface area contributed by atoms with Crippen molar-refractivity contribution in [2.24, 2.45) is 0 Å². The molecule has 0 radical (unpaired) electrons. The van der Waals surface area contributed by atoms with E-state index in [1.807, 2.05) is 75.3 Å². The lowest BCUT2D eigenvalue weighted by molar-refractivity contribution is -0.119. The lowest BCUT2D eigenvalue weighted by Gasteiger charge is -2.12. The largest absolute Gasteiger partial charge is 0.452 e. The average molecular weight is 392 g/mol. The van der Waals surface area contributed by atoms with E-state index in [9.17, 15) is 9.59 Å². The zero-order valence-electron chi connectivity index (χ0n) is 17.0. The van der Waals surface area contributed by atoms with Crippen LogP contribution in [0.5, 0.6) is 0 Å². The average Bonchev–Trinajstić information content (AvgIpc) is 3.01. The summed E-state index contributed by atoms with van der Waals surface area (Å²) >= 11 is 0. The number of aromatic nitrogens is 2. The summed E-state index contributed by atoms with van der Waals surface area (Å²) in [6, 6.07) is 16.6. The molecule has 1 N–H and O–H groups in total. The molecule has 3 rings (SSSR count). The Kier molecular flexibility index (Phi) is 5.97. The molecular weight excluding hydrogens is 368 g/mol. The Hall–Kier alpha value is -3.61. The van der Waals surface area contributed by atoms with Gasteiger partial charge in [0.2, 0.25) is 0 Å². The highest BCUT2D eigenvalue weighted by atomic mass is 16.5. The third kappa shape index (κ3) is 4.63. The summed E-state index contributed by atoms with van der Waals surface area (Å²) in [5, 5.41) is 7.28. The van der Waals surface area contributed by atoms with Crippen molar-refractivity contribution in [1.29, 1.82) is 0 Å². The fourth-order valence-electron chi connectivity index (χ4n) is 2.93. The van der Waals surface area contributed by atoms with Crippen LogP contribution in [0.2, 0.25) is 0 Å². The highest BCUT2D eigenvalue weighted by Gasteiger charge is 2.16. The maximum Gasteiger partial charge on any atom is 0.338 e. The smallest absolute Gasteiger partial charge is 0.338 e. The van der Waals surface area contributed by atoms with E-state index in [1.54, 1.807) is 16.8 Å². The first-order valence-electron chi connectivity index (χ1n) is 9.23. The van der Waals surface area contributed by atoms with E-state index in [2.05, 4.69) is 10.4 Å². The SMILES string of the molecule is Cc1nn(-c2ccccc2)c(C)c1NC(=O)COC(=O)c1ccc(N(C)C)cc1. The van der Waals surface area contributed by atoms with Crippen LogP contribution >= 0.6 is 0 Å². The maximum atomic E-state index is 12.3. The zero-order chi connectivity index (χ0) is 21.0. The van der Waals surface area contributed by atoms with E-state index in [0.717, 1.165) is 17.1 Å². The van der Waals surface area contributed by atoms with Crippen molar-refractivity contribution in [3.8, 4) is 5.69 Å². The molecule has 0 fully saturated rings. The Bertz CT molecular complexity index is 1010. The van der Waals surface area contributed by atoms with Crippen molar-refractivity contribution < 1.29 is 14.3 Å². The van der Waals surface area contributed by atoms with Crippen LogP contribution in [0.3, 0.4) is 0 Å². The molecule has 0 aliphatic rings. The number of rotatable bonds is 6. The minimum atomic E-state index is -0.543. The number of esters is 1. The van der Waals surface area contributed by atoms with Gasteiger partial charge in [0.15, 0.2) is 6.61 Å². The number of carbonyl (C=O) groups is 2. The van der Waals surface area contributed by atoms with Gasteiger partial charge >= 0.3 is 5.97 Å². The van der Waals surface area contributed by atoms with Crippen molar-refractivity contribution in [2.45, 2.75) is 13.8 Å². The molecule has 0 spiro atoms. The van der Waals surface area contributed by atoms with Gasteiger partial charge < -0.3 is 15.0 Å². The van der Waals surface area contributed by atoms with Crippen LogP contribution in [0.15, 0.2) is 54.6 Å². The molecule has 3 aromatic rings. The third-order valence-corrected chi connectivity index (χ3v) is 4.51. The number of hydrogen-bond acceptors (Lipinski definition) is 5. The van der Waals surface area contributed by atoms with E-state index < -0.39 is 11.9 Å². The second-order valence-corrected chi connectivity index (χ2v) is 6.86. The maximum absolute atomic E-state index is 12.3. The summed E-state index contributed by atoms with van der Waals surface area (Å²) in [6.45, 7) is 3.32. The van der Waals surface area contributed by atoms with Crippen LogP contribution in [0.25, 0.3) is 5.69 Å². The molecule has 1 aromatic heterocycles. The van der Waals surface area contributed by atoms with Gasteiger partial charge in [-0.05, 0) is 50.2 Å². The highest BCUT2D eigenvalue weighted by Crippen LogP contribution is 2.22. The van der Waals surface area contributed by atoms with E-state index in [4.69, 9.17) is 4.74 Å². The van der Waals surface area contributed by atoms with E-state index in [-0.39, 0.29) is 6.61 Å². The molecule has 0 saturated carbocycles. The number of aryl methyl sites for hydroxylation is 1. The summed E-state index contributed by atoms with van der Waals surface area (Å²) in [7, 11) is 3.84. The van der Waals surface area contributed by atoms with Gasteiger partial charge in [-0.3, -0.25) is 4.79 Å². The summed E-state index contributed by atoms with van der Waals surface area (Å²) in [4.78, 5) is 26.4. The zero-order valence-corrected chi connectivity index (χ0v) is 17.0. The van der Waals surface area contributed by atoms with Gasteiger partial charge in [-0.2, -0.15) is 5.10 Å². The fourth-order valence-corrected chi connectivity index (χ4v) is 2.93. The number of amides is 1. The van der Waals surface area contributed by atoms with Gasteiger partial charge in [0.1, 0.15) is 0 Å². The number of nitrogens with zero attached hydrogens (tertiary/aromatic N) is 3. The molecule has 1 heterocycles. The van der Waals surface area contributed by atoms with Crippen LogP contribution in [-0.2, 0) is 9.53 Å². The van der Waals surface area contributed by atoms with Crippen molar-refractivity contribution >= 4 is 23.3 Å². The molecule has 150 valence electrons. The summed E-state index contributed by atoms with van der Waals surface area (Å²) in [6.07, 6.45) is 0. The summed E-state index contributed by atoms with van der Waals surface area (Å²) < 4.78 is 6.91. The van der Waals surface area contributed by atoms with Crippen molar-refractivity contribution in [2.75, 3.05) is 30.9 Å². The van der Waals surface area contributed by atoms with E-state index in [1.165, 1.54) is 0 Å². The quantitative estimate of drug-likeness (QED) is 0.651. The molecule has 2 aromatic carbocycles. The number of benzene rings is 2. The van der Waals surface area contributed by atoms with E-state index in [0.29, 0.717) is 16.9 Å². The lowest BCUT2D eigenvalue weighted by Crippen LogP contribution is -2.21. The van der Waals surface area contributed by atoms with Gasteiger partial charge in [-0.1, -0.05) is 18.2 Å².